The van der Waals surface area contributed by atoms with Gasteiger partial charge in [-0.2, -0.15) is 0 Å². The summed E-state index contributed by atoms with van der Waals surface area (Å²) >= 11 is 0. The van der Waals surface area contributed by atoms with Gasteiger partial charge in [0.25, 0.3) is 0 Å². The molecule has 0 aromatic rings. The number of ketones is 1. The van der Waals surface area contributed by atoms with Crippen LogP contribution in [0.1, 0.15) is 40.5 Å². The van der Waals surface area contributed by atoms with Gasteiger partial charge in [0, 0.05) is 13.1 Å². The first-order valence-corrected chi connectivity index (χ1v) is 5.96. The van der Waals surface area contributed by atoms with Crippen molar-refractivity contribution in [3.8, 4) is 0 Å². The van der Waals surface area contributed by atoms with E-state index >= 15 is 0 Å². The number of nitrogens with zero attached hydrogens (tertiary/aromatic N) is 1. The fourth-order valence-corrected chi connectivity index (χ4v) is 1.79. The number of piperidine rings is 1. The van der Waals surface area contributed by atoms with Gasteiger partial charge in [-0.15, -0.1) is 0 Å². The summed E-state index contributed by atoms with van der Waals surface area (Å²) in [7, 11) is 0. The molecule has 0 unspecified atom stereocenters. The van der Waals surface area contributed by atoms with Crippen LogP contribution in [0.5, 0.6) is 0 Å². The second kappa shape index (κ2) is 5.34. The summed E-state index contributed by atoms with van der Waals surface area (Å²) in [5.74, 6) is 0.0334. The minimum Gasteiger partial charge on any atom is -0.444 e. The van der Waals surface area contributed by atoms with E-state index in [1.165, 1.54) is 6.92 Å². The first-order chi connectivity index (χ1) is 7.78. The Morgan fingerprint density at radius 2 is 2.00 bits per heavy atom. The summed E-state index contributed by atoms with van der Waals surface area (Å²) in [5.41, 5.74) is 0.536. The van der Waals surface area contributed by atoms with Crippen LogP contribution in [0.4, 0.5) is 4.79 Å². The number of carbonyl (C=O) groups is 2. The van der Waals surface area contributed by atoms with Gasteiger partial charge in [-0.05, 0) is 52.2 Å². The Labute approximate surface area is 103 Å². The molecule has 96 valence electrons. The average Bonchev–Trinajstić information content (AvgIpc) is 2.14. The summed E-state index contributed by atoms with van der Waals surface area (Å²) in [6.07, 6.45) is 3.10. The predicted molar refractivity (Wildman–Crippen MR) is 65.8 cm³/mol. The SMILES string of the molecule is CC(=O)C=C1CCCN(C(=O)OC(C)(C)C)C1. The van der Waals surface area contributed by atoms with Gasteiger partial charge in [0.05, 0.1) is 0 Å². The molecule has 0 spiro atoms. The first kappa shape index (κ1) is 13.7. The van der Waals surface area contributed by atoms with Gasteiger partial charge in [-0.3, -0.25) is 4.79 Å². The molecular formula is C13H21NO3. The fraction of sp³-hybridized carbons (Fsp3) is 0.692. The summed E-state index contributed by atoms with van der Waals surface area (Å²) < 4.78 is 5.31. The summed E-state index contributed by atoms with van der Waals surface area (Å²) in [5, 5.41) is 0. The maximum Gasteiger partial charge on any atom is 0.410 e. The molecule has 1 saturated heterocycles. The van der Waals surface area contributed by atoms with Gasteiger partial charge in [0.15, 0.2) is 5.78 Å². The molecule has 1 heterocycles. The molecule has 17 heavy (non-hydrogen) atoms. The van der Waals surface area contributed by atoms with Crippen molar-refractivity contribution < 1.29 is 14.3 Å². The number of carbonyl (C=O) groups excluding carboxylic acids is 2. The minimum atomic E-state index is -0.473. The molecule has 0 atom stereocenters. The number of hydrogen-bond donors (Lipinski definition) is 0. The minimum absolute atomic E-state index is 0.0334. The molecule has 0 aromatic carbocycles. The van der Waals surface area contributed by atoms with E-state index < -0.39 is 5.60 Å². The normalized spacial score (nSPS) is 19.3. The van der Waals surface area contributed by atoms with Crippen molar-refractivity contribution >= 4 is 11.9 Å². The van der Waals surface area contributed by atoms with Crippen LogP contribution in [-0.4, -0.2) is 35.5 Å². The Hall–Kier alpha value is -1.32. The summed E-state index contributed by atoms with van der Waals surface area (Å²) in [6.45, 7) is 8.28. The molecule has 4 heteroatoms. The lowest BCUT2D eigenvalue weighted by Crippen LogP contribution is -2.40. The maximum absolute atomic E-state index is 11.8. The van der Waals surface area contributed by atoms with E-state index in [2.05, 4.69) is 0 Å². The molecule has 0 radical (unpaired) electrons. The van der Waals surface area contributed by atoms with Crippen molar-refractivity contribution in [2.75, 3.05) is 13.1 Å². The molecule has 1 aliphatic rings. The van der Waals surface area contributed by atoms with Crippen LogP contribution >= 0.6 is 0 Å². The number of amides is 1. The molecule has 0 bridgehead atoms. The van der Waals surface area contributed by atoms with Gasteiger partial charge < -0.3 is 9.64 Å². The van der Waals surface area contributed by atoms with Crippen molar-refractivity contribution in [2.24, 2.45) is 0 Å². The maximum atomic E-state index is 11.8. The zero-order chi connectivity index (χ0) is 13.1. The van der Waals surface area contributed by atoms with Gasteiger partial charge >= 0.3 is 6.09 Å². The molecule has 1 rings (SSSR count). The molecule has 4 nitrogen and oxygen atoms in total. The topological polar surface area (TPSA) is 46.6 Å². The van der Waals surface area contributed by atoms with Crippen molar-refractivity contribution in [2.45, 2.75) is 46.1 Å². The third kappa shape index (κ3) is 5.02. The Bertz CT molecular complexity index is 339. The second-order valence-corrected chi connectivity index (χ2v) is 5.42. The molecular weight excluding hydrogens is 218 g/mol. The van der Waals surface area contributed by atoms with E-state index in [1.54, 1.807) is 11.0 Å². The number of likely N-dealkylation sites (tertiary alicyclic amines) is 1. The first-order valence-electron chi connectivity index (χ1n) is 5.96. The van der Waals surface area contributed by atoms with Crippen LogP contribution < -0.4 is 0 Å². The van der Waals surface area contributed by atoms with Crippen LogP contribution in [0.3, 0.4) is 0 Å². The summed E-state index contributed by atoms with van der Waals surface area (Å²) in [6, 6.07) is 0. The van der Waals surface area contributed by atoms with Gasteiger partial charge in [0.1, 0.15) is 5.60 Å². The third-order valence-electron chi connectivity index (χ3n) is 2.38. The average molecular weight is 239 g/mol. The van der Waals surface area contributed by atoms with E-state index in [4.69, 9.17) is 4.74 Å². The predicted octanol–water partition coefficient (Wildman–Crippen LogP) is 2.53. The molecule has 0 aromatic heterocycles. The number of hydrogen-bond acceptors (Lipinski definition) is 3. The van der Waals surface area contributed by atoms with E-state index in [-0.39, 0.29) is 11.9 Å². The summed E-state index contributed by atoms with van der Waals surface area (Å²) in [4.78, 5) is 24.5. The standard InChI is InChI=1S/C13H21NO3/c1-10(15)8-11-6-5-7-14(9-11)12(16)17-13(2,3)4/h8H,5-7,9H2,1-4H3. The molecule has 1 aliphatic heterocycles. The van der Waals surface area contributed by atoms with Crippen LogP contribution in [-0.2, 0) is 9.53 Å². The van der Waals surface area contributed by atoms with E-state index in [0.717, 1.165) is 18.4 Å². The lowest BCUT2D eigenvalue weighted by Gasteiger charge is -2.31. The lowest BCUT2D eigenvalue weighted by molar-refractivity contribution is -0.112. The van der Waals surface area contributed by atoms with E-state index in [1.807, 2.05) is 20.8 Å². The van der Waals surface area contributed by atoms with Crippen molar-refractivity contribution in [3.05, 3.63) is 11.6 Å². The van der Waals surface area contributed by atoms with Crippen LogP contribution in [0.15, 0.2) is 11.6 Å². The number of allylic oxidation sites excluding steroid dienone is 1. The highest BCUT2D eigenvalue weighted by molar-refractivity contribution is 5.88. The number of rotatable bonds is 1. The van der Waals surface area contributed by atoms with Gasteiger partial charge in [-0.1, -0.05) is 0 Å². The molecule has 0 saturated carbocycles. The van der Waals surface area contributed by atoms with Crippen molar-refractivity contribution in [1.29, 1.82) is 0 Å². The molecule has 0 aliphatic carbocycles. The zero-order valence-corrected chi connectivity index (χ0v) is 11.1. The monoisotopic (exact) mass is 239 g/mol. The Kier molecular flexibility index (Phi) is 4.32. The largest absolute Gasteiger partial charge is 0.444 e. The highest BCUT2D eigenvalue weighted by atomic mass is 16.6. The van der Waals surface area contributed by atoms with E-state index in [9.17, 15) is 9.59 Å². The highest BCUT2D eigenvalue weighted by Crippen LogP contribution is 2.18. The lowest BCUT2D eigenvalue weighted by atomic mass is 10.0. The Morgan fingerprint density at radius 3 is 2.53 bits per heavy atom. The van der Waals surface area contributed by atoms with Crippen LogP contribution in [0, 0.1) is 0 Å². The highest BCUT2D eigenvalue weighted by Gasteiger charge is 2.24. The molecule has 1 amide bonds. The molecule has 0 N–H and O–H groups in total. The van der Waals surface area contributed by atoms with Crippen LogP contribution in [0.2, 0.25) is 0 Å². The molecule has 1 fully saturated rings. The Morgan fingerprint density at radius 1 is 1.35 bits per heavy atom. The second-order valence-electron chi connectivity index (χ2n) is 5.42. The Balaban J connectivity index is 2.61. The zero-order valence-electron chi connectivity index (χ0n) is 11.1. The fourth-order valence-electron chi connectivity index (χ4n) is 1.79. The quantitative estimate of drug-likeness (QED) is 0.661. The van der Waals surface area contributed by atoms with Crippen molar-refractivity contribution in [3.63, 3.8) is 0 Å². The number of ether oxygens (including phenoxy) is 1. The smallest absolute Gasteiger partial charge is 0.410 e. The van der Waals surface area contributed by atoms with Crippen molar-refractivity contribution in [1.82, 2.24) is 4.90 Å². The van der Waals surface area contributed by atoms with Gasteiger partial charge in [-0.25, -0.2) is 4.79 Å². The van der Waals surface area contributed by atoms with Gasteiger partial charge in [0.2, 0.25) is 0 Å². The third-order valence-corrected chi connectivity index (χ3v) is 2.38. The van der Waals surface area contributed by atoms with Crippen LogP contribution in [0.25, 0.3) is 0 Å². The van der Waals surface area contributed by atoms with E-state index in [0.29, 0.717) is 13.1 Å².